The van der Waals surface area contributed by atoms with Crippen molar-refractivity contribution in [1.82, 2.24) is 5.32 Å². The first kappa shape index (κ1) is 16.0. The van der Waals surface area contributed by atoms with Crippen LogP contribution in [-0.2, 0) is 11.2 Å². The molecule has 0 radical (unpaired) electrons. The minimum absolute atomic E-state index is 0.117. The van der Waals surface area contributed by atoms with Crippen LogP contribution in [0.15, 0.2) is 18.2 Å². The second-order valence-corrected chi connectivity index (χ2v) is 5.49. The number of thioether (sulfide) groups is 1. The summed E-state index contributed by atoms with van der Waals surface area (Å²) in [5.74, 6) is 0.532. The molecule has 0 spiro atoms. The van der Waals surface area contributed by atoms with E-state index >= 15 is 0 Å². The zero-order valence-electron chi connectivity index (χ0n) is 11.4. The van der Waals surface area contributed by atoms with E-state index in [-0.39, 0.29) is 11.7 Å². The van der Waals surface area contributed by atoms with Gasteiger partial charge in [-0.3, -0.25) is 4.79 Å². The van der Waals surface area contributed by atoms with Crippen LogP contribution in [-0.4, -0.2) is 30.5 Å². The van der Waals surface area contributed by atoms with E-state index in [0.29, 0.717) is 19.4 Å². The Kier molecular flexibility index (Phi) is 6.87. The predicted octanol–water partition coefficient (Wildman–Crippen LogP) is 1.87. The normalized spacial score (nSPS) is 12.2. The van der Waals surface area contributed by atoms with Crippen molar-refractivity contribution < 1.29 is 9.18 Å². The molecule has 0 saturated carbocycles. The predicted molar refractivity (Wildman–Crippen MR) is 78.8 cm³/mol. The molecular formula is C14H21FN2OS. The van der Waals surface area contributed by atoms with E-state index in [1.165, 1.54) is 12.1 Å². The van der Waals surface area contributed by atoms with Crippen LogP contribution >= 0.6 is 11.8 Å². The number of halogens is 1. The van der Waals surface area contributed by atoms with Gasteiger partial charge in [-0.05, 0) is 55.0 Å². The van der Waals surface area contributed by atoms with Crippen LogP contribution in [0.3, 0.4) is 0 Å². The Morgan fingerprint density at radius 1 is 1.53 bits per heavy atom. The summed E-state index contributed by atoms with van der Waals surface area (Å²) in [7, 11) is 0. The molecule has 0 unspecified atom stereocenters. The van der Waals surface area contributed by atoms with Crippen molar-refractivity contribution in [2.24, 2.45) is 5.73 Å². The van der Waals surface area contributed by atoms with Gasteiger partial charge in [0.15, 0.2) is 0 Å². The maximum Gasteiger partial charge on any atom is 0.236 e. The summed E-state index contributed by atoms with van der Waals surface area (Å²) in [6, 6.07) is 4.25. The number of carbonyl (C=O) groups excluding carboxylic acids is 1. The Labute approximate surface area is 118 Å². The number of benzene rings is 1. The molecule has 3 N–H and O–H groups in total. The second-order valence-electron chi connectivity index (χ2n) is 4.50. The minimum Gasteiger partial charge on any atom is -0.354 e. The van der Waals surface area contributed by atoms with Crippen molar-refractivity contribution >= 4 is 17.7 Å². The molecule has 1 amide bonds. The number of aryl methyl sites for hydroxylation is 1. The van der Waals surface area contributed by atoms with Gasteiger partial charge in [-0.15, -0.1) is 0 Å². The Morgan fingerprint density at radius 2 is 2.26 bits per heavy atom. The first-order valence-corrected chi connectivity index (χ1v) is 7.71. The van der Waals surface area contributed by atoms with Crippen LogP contribution in [0.5, 0.6) is 0 Å². The molecule has 0 heterocycles. The van der Waals surface area contributed by atoms with Gasteiger partial charge in [0.25, 0.3) is 0 Å². The minimum atomic E-state index is -0.443. The van der Waals surface area contributed by atoms with E-state index < -0.39 is 6.04 Å². The summed E-state index contributed by atoms with van der Waals surface area (Å²) >= 11 is 1.68. The molecule has 106 valence electrons. The maximum atomic E-state index is 12.9. The van der Waals surface area contributed by atoms with Crippen molar-refractivity contribution in [2.75, 3.05) is 18.6 Å². The molecule has 0 aromatic heterocycles. The number of rotatable bonds is 7. The lowest BCUT2D eigenvalue weighted by molar-refractivity contribution is -0.122. The first-order chi connectivity index (χ1) is 9.04. The molecular weight excluding hydrogens is 263 g/mol. The molecule has 0 aliphatic heterocycles. The largest absolute Gasteiger partial charge is 0.354 e. The van der Waals surface area contributed by atoms with Crippen LogP contribution in [0.2, 0.25) is 0 Å². The number of nitrogens with one attached hydrogen (secondary N) is 1. The first-order valence-electron chi connectivity index (χ1n) is 6.32. The van der Waals surface area contributed by atoms with Crippen molar-refractivity contribution in [3.8, 4) is 0 Å². The van der Waals surface area contributed by atoms with Gasteiger partial charge in [0.1, 0.15) is 5.82 Å². The molecule has 1 aromatic carbocycles. The lowest BCUT2D eigenvalue weighted by atomic mass is 10.1. The fraction of sp³-hybridized carbons (Fsp3) is 0.500. The Bertz CT molecular complexity index is 426. The zero-order chi connectivity index (χ0) is 14.3. The number of amides is 1. The highest BCUT2D eigenvalue weighted by Crippen LogP contribution is 2.10. The van der Waals surface area contributed by atoms with Crippen LogP contribution in [0.1, 0.15) is 17.5 Å². The fourth-order valence-electron chi connectivity index (χ4n) is 1.77. The fourth-order valence-corrected chi connectivity index (χ4v) is 2.26. The van der Waals surface area contributed by atoms with Gasteiger partial charge in [0.05, 0.1) is 6.04 Å². The van der Waals surface area contributed by atoms with Crippen molar-refractivity contribution in [2.45, 2.75) is 25.8 Å². The highest BCUT2D eigenvalue weighted by atomic mass is 32.2. The highest BCUT2D eigenvalue weighted by Gasteiger charge is 2.12. The van der Waals surface area contributed by atoms with Gasteiger partial charge in [-0.2, -0.15) is 11.8 Å². The summed E-state index contributed by atoms with van der Waals surface area (Å²) in [5.41, 5.74) is 7.70. The summed E-state index contributed by atoms with van der Waals surface area (Å²) in [5, 5.41) is 2.81. The molecule has 0 aliphatic rings. The number of hydrogen-bond donors (Lipinski definition) is 2. The maximum absolute atomic E-state index is 12.9. The third-order valence-electron chi connectivity index (χ3n) is 2.97. The van der Waals surface area contributed by atoms with E-state index in [9.17, 15) is 9.18 Å². The number of nitrogens with two attached hydrogens (primary N) is 1. The lowest BCUT2D eigenvalue weighted by Crippen LogP contribution is -2.41. The van der Waals surface area contributed by atoms with E-state index in [1.54, 1.807) is 17.8 Å². The summed E-state index contributed by atoms with van der Waals surface area (Å²) in [6.07, 6.45) is 3.36. The topological polar surface area (TPSA) is 55.1 Å². The molecule has 1 rings (SSSR count). The van der Waals surface area contributed by atoms with Gasteiger partial charge in [0.2, 0.25) is 5.91 Å². The van der Waals surface area contributed by atoms with Gasteiger partial charge >= 0.3 is 0 Å². The lowest BCUT2D eigenvalue weighted by Gasteiger charge is -2.12. The van der Waals surface area contributed by atoms with Gasteiger partial charge < -0.3 is 11.1 Å². The molecule has 0 fully saturated rings. The van der Waals surface area contributed by atoms with Crippen LogP contribution in [0.4, 0.5) is 4.39 Å². The summed E-state index contributed by atoms with van der Waals surface area (Å²) < 4.78 is 12.9. The van der Waals surface area contributed by atoms with Gasteiger partial charge in [0, 0.05) is 6.54 Å². The second kappa shape index (κ2) is 8.17. The molecule has 1 atom stereocenters. The van der Waals surface area contributed by atoms with Crippen molar-refractivity contribution in [3.63, 3.8) is 0 Å². The van der Waals surface area contributed by atoms with Crippen molar-refractivity contribution in [3.05, 3.63) is 35.1 Å². The Balaban J connectivity index is 2.35. The summed E-state index contributed by atoms with van der Waals surface area (Å²) in [6.45, 7) is 2.39. The molecule has 1 aromatic rings. The van der Waals surface area contributed by atoms with Crippen LogP contribution < -0.4 is 11.1 Å². The Hall–Kier alpha value is -1.07. The molecule has 0 aliphatic carbocycles. The summed E-state index contributed by atoms with van der Waals surface area (Å²) in [4.78, 5) is 11.7. The number of carbonyl (C=O) groups is 1. The average molecular weight is 284 g/mol. The van der Waals surface area contributed by atoms with E-state index in [4.69, 9.17) is 5.73 Å². The third kappa shape index (κ3) is 5.61. The van der Waals surface area contributed by atoms with Crippen LogP contribution in [0.25, 0.3) is 0 Å². The molecule has 19 heavy (non-hydrogen) atoms. The molecule has 5 heteroatoms. The molecule has 3 nitrogen and oxygen atoms in total. The quantitative estimate of drug-likeness (QED) is 0.804. The highest BCUT2D eigenvalue weighted by molar-refractivity contribution is 7.98. The number of hydrogen-bond acceptors (Lipinski definition) is 3. The van der Waals surface area contributed by atoms with Crippen LogP contribution in [0, 0.1) is 12.7 Å². The van der Waals surface area contributed by atoms with Crippen molar-refractivity contribution in [1.29, 1.82) is 0 Å². The zero-order valence-corrected chi connectivity index (χ0v) is 12.2. The monoisotopic (exact) mass is 284 g/mol. The van der Waals surface area contributed by atoms with Gasteiger partial charge in [-0.25, -0.2) is 4.39 Å². The van der Waals surface area contributed by atoms with E-state index in [1.807, 2.05) is 13.2 Å². The third-order valence-corrected chi connectivity index (χ3v) is 3.61. The SMILES string of the molecule is CSCC[C@H](N)C(=O)NCCc1ccc(F)cc1C. The molecule has 0 saturated heterocycles. The van der Waals surface area contributed by atoms with E-state index in [2.05, 4.69) is 5.32 Å². The molecule has 0 bridgehead atoms. The average Bonchev–Trinajstić information content (AvgIpc) is 2.38. The Morgan fingerprint density at radius 3 is 2.89 bits per heavy atom. The van der Waals surface area contributed by atoms with E-state index in [0.717, 1.165) is 16.9 Å². The standard InChI is InChI=1S/C14H21FN2OS/c1-10-9-12(15)4-3-11(10)5-7-17-14(18)13(16)6-8-19-2/h3-4,9,13H,5-8,16H2,1-2H3,(H,17,18)/t13-/m0/s1. The van der Waals surface area contributed by atoms with Gasteiger partial charge in [-0.1, -0.05) is 6.07 Å². The smallest absolute Gasteiger partial charge is 0.236 e.